The van der Waals surface area contributed by atoms with Crippen LogP contribution in [0.2, 0.25) is 0 Å². The minimum atomic E-state index is -1.09. The molecule has 234 valence electrons. The van der Waals surface area contributed by atoms with E-state index in [1.54, 1.807) is 24.3 Å². The van der Waals surface area contributed by atoms with Gasteiger partial charge in [-0.1, -0.05) is 83.6 Å². The van der Waals surface area contributed by atoms with Gasteiger partial charge in [-0.15, -0.1) is 0 Å². The first-order chi connectivity index (χ1) is 20.6. The average molecular weight is 597 g/mol. The molecular weight excluding hydrogens is 552 g/mol. The van der Waals surface area contributed by atoms with Gasteiger partial charge in [-0.05, 0) is 31.7 Å². The van der Waals surface area contributed by atoms with Gasteiger partial charge in [-0.2, -0.15) is 0 Å². The molecule has 9 heteroatoms. The van der Waals surface area contributed by atoms with Crippen molar-refractivity contribution >= 4 is 29.3 Å². The third kappa shape index (κ3) is 10.0. The van der Waals surface area contributed by atoms with E-state index < -0.39 is 57.4 Å². The van der Waals surface area contributed by atoms with Crippen molar-refractivity contribution in [3.63, 3.8) is 0 Å². The first-order valence-electron chi connectivity index (χ1n) is 15.2. The number of carbonyl (C=O) groups is 5. The van der Waals surface area contributed by atoms with Gasteiger partial charge in [0.25, 0.3) is 0 Å². The highest BCUT2D eigenvalue weighted by Crippen LogP contribution is 2.46. The maximum absolute atomic E-state index is 13.7. The molecule has 2 rings (SSSR count). The third-order valence-electron chi connectivity index (χ3n) is 7.11. The zero-order valence-electron chi connectivity index (χ0n) is 25.8. The van der Waals surface area contributed by atoms with Crippen LogP contribution in [0.3, 0.4) is 0 Å². The standard InChI is InChI=1S/C34H44O9/c1-5-8-11-14-25(36)28-30(34(41)42-21-23-17-19-24(20-18-23)22(4)35)29(26(37)15-12-9-6-2)33(32(40)31(28)39)43-27(38)16-13-10-7-3/h17-20,39-40H,5-16,21H2,1-4H3. The molecule has 43 heavy (non-hydrogen) atoms. The van der Waals surface area contributed by atoms with Gasteiger partial charge in [-0.25, -0.2) is 4.79 Å². The molecule has 0 aliphatic carbocycles. The fraction of sp³-hybridized carbons (Fsp3) is 0.500. The lowest BCUT2D eigenvalue weighted by Gasteiger charge is -2.20. The monoisotopic (exact) mass is 596 g/mol. The Kier molecular flexibility index (Phi) is 14.6. The molecule has 0 spiro atoms. The Morgan fingerprint density at radius 1 is 0.651 bits per heavy atom. The molecule has 0 aromatic heterocycles. The summed E-state index contributed by atoms with van der Waals surface area (Å²) in [5.74, 6) is -5.79. The molecule has 0 radical (unpaired) electrons. The average Bonchev–Trinajstić information content (AvgIpc) is 2.98. The van der Waals surface area contributed by atoms with Crippen LogP contribution in [-0.2, 0) is 16.1 Å². The van der Waals surface area contributed by atoms with Crippen molar-refractivity contribution in [1.82, 2.24) is 0 Å². The highest BCUT2D eigenvalue weighted by molar-refractivity contribution is 6.17. The Morgan fingerprint density at radius 3 is 1.67 bits per heavy atom. The van der Waals surface area contributed by atoms with E-state index in [9.17, 15) is 34.2 Å². The van der Waals surface area contributed by atoms with E-state index in [2.05, 4.69) is 0 Å². The second-order valence-corrected chi connectivity index (χ2v) is 10.7. The van der Waals surface area contributed by atoms with Gasteiger partial charge in [0, 0.05) is 24.8 Å². The Hall–Kier alpha value is -4.01. The maximum atomic E-state index is 13.7. The summed E-state index contributed by atoms with van der Waals surface area (Å²) in [5, 5.41) is 22.0. The second-order valence-electron chi connectivity index (χ2n) is 10.7. The molecular formula is C34H44O9. The molecule has 0 saturated heterocycles. The number of ketones is 3. The summed E-state index contributed by atoms with van der Waals surface area (Å²) in [6.45, 7) is 7.04. The molecule has 0 amide bonds. The minimum Gasteiger partial charge on any atom is -0.504 e. The number of phenols is 2. The summed E-state index contributed by atoms with van der Waals surface area (Å²) in [4.78, 5) is 65.1. The van der Waals surface area contributed by atoms with Crippen molar-refractivity contribution in [3.05, 3.63) is 52.1 Å². The topological polar surface area (TPSA) is 144 Å². The van der Waals surface area contributed by atoms with Crippen LogP contribution in [0, 0.1) is 0 Å². The van der Waals surface area contributed by atoms with E-state index in [1.165, 1.54) is 6.92 Å². The van der Waals surface area contributed by atoms with Crippen LogP contribution >= 0.6 is 0 Å². The number of Topliss-reactive ketones (excluding diaryl/α,β-unsaturated/α-hetero) is 3. The predicted molar refractivity (Wildman–Crippen MR) is 162 cm³/mol. The van der Waals surface area contributed by atoms with Crippen LogP contribution in [0.1, 0.15) is 152 Å². The van der Waals surface area contributed by atoms with E-state index in [1.807, 2.05) is 20.8 Å². The number of unbranched alkanes of at least 4 members (excludes halogenated alkanes) is 6. The number of hydrogen-bond acceptors (Lipinski definition) is 9. The van der Waals surface area contributed by atoms with Crippen molar-refractivity contribution in [1.29, 1.82) is 0 Å². The van der Waals surface area contributed by atoms with Gasteiger partial charge in [-0.3, -0.25) is 19.2 Å². The molecule has 0 aliphatic rings. The van der Waals surface area contributed by atoms with Crippen LogP contribution in [0.4, 0.5) is 0 Å². The zero-order chi connectivity index (χ0) is 31.9. The van der Waals surface area contributed by atoms with Crippen molar-refractivity contribution < 1.29 is 43.7 Å². The highest BCUT2D eigenvalue weighted by Gasteiger charge is 2.36. The third-order valence-corrected chi connectivity index (χ3v) is 7.11. The molecule has 2 aromatic rings. The van der Waals surface area contributed by atoms with Gasteiger partial charge >= 0.3 is 11.9 Å². The van der Waals surface area contributed by atoms with E-state index in [0.717, 1.165) is 25.7 Å². The largest absolute Gasteiger partial charge is 0.504 e. The lowest BCUT2D eigenvalue weighted by molar-refractivity contribution is -0.134. The lowest BCUT2D eigenvalue weighted by Crippen LogP contribution is -2.21. The van der Waals surface area contributed by atoms with Crippen LogP contribution in [0.15, 0.2) is 24.3 Å². The zero-order valence-corrected chi connectivity index (χ0v) is 25.8. The van der Waals surface area contributed by atoms with Crippen molar-refractivity contribution in [2.45, 2.75) is 111 Å². The maximum Gasteiger partial charge on any atom is 0.340 e. The van der Waals surface area contributed by atoms with Gasteiger partial charge < -0.3 is 19.7 Å². The van der Waals surface area contributed by atoms with Crippen LogP contribution in [0.25, 0.3) is 0 Å². The Labute approximate surface area is 253 Å². The van der Waals surface area contributed by atoms with Gasteiger partial charge in [0.1, 0.15) is 6.61 Å². The van der Waals surface area contributed by atoms with Crippen LogP contribution in [0.5, 0.6) is 17.2 Å². The Bertz CT molecular complexity index is 1290. The Balaban J connectivity index is 2.67. The molecule has 0 unspecified atom stereocenters. The number of esters is 2. The molecule has 0 saturated carbocycles. The number of aromatic hydroxyl groups is 2. The number of rotatable bonds is 19. The summed E-state index contributed by atoms with van der Waals surface area (Å²) >= 11 is 0. The van der Waals surface area contributed by atoms with Crippen molar-refractivity contribution in [2.75, 3.05) is 0 Å². The molecule has 0 heterocycles. The quantitative estimate of drug-likeness (QED) is 0.0548. The first kappa shape index (κ1) is 35.2. The summed E-state index contributed by atoms with van der Waals surface area (Å²) < 4.78 is 11.0. The van der Waals surface area contributed by atoms with Crippen LogP contribution in [-0.4, -0.2) is 39.5 Å². The molecule has 0 aliphatic heterocycles. The predicted octanol–water partition coefficient (Wildman–Crippen LogP) is 7.67. The normalized spacial score (nSPS) is 10.8. The number of carbonyl (C=O) groups excluding carboxylic acids is 5. The highest BCUT2D eigenvalue weighted by atomic mass is 16.5. The first-order valence-corrected chi connectivity index (χ1v) is 15.2. The SMILES string of the molecule is CCCCCC(=O)Oc1c(O)c(O)c(C(=O)CCCCC)c(C(=O)OCc2ccc(C(C)=O)cc2)c1C(=O)CCCCC. The van der Waals surface area contributed by atoms with E-state index in [-0.39, 0.29) is 31.7 Å². The minimum absolute atomic E-state index is 0.00869. The fourth-order valence-corrected chi connectivity index (χ4v) is 4.60. The van der Waals surface area contributed by atoms with Crippen molar-refractivity contribution in [2.24, 2.45) is 0 Å². The van der Waals surface area contributed by atoms with E-state index in [0.29, 0.717) is 43.2 Å². The molecule has 2 N–H and O–H groups in total. The smallest absolute Gasteiger partial charge is 0.340 e. The number of phenolic OH excluding ortho intramolecular Hbond substituents is 2. The summed E-state index contributed by atoms with van der Waals surface area (Å²) in [6.07, 6.45) is 5.97. The summed E-state index contributed by atoms with van der Waals surface area (Å²) in [7, 11) is 0. The number of ether oxygens (including phenoxy) is 2. The molecule has 2 aromatic carbocycles. The Morgan fingerprint density at radius 2 is 1.16 bits per heavy atom. The molecule has 9 nitrogen and oxygen atoms in total. The fourth-order valence-electron chi connectivity index (χ4n) is 4.60. The number of hydrogen-bond donors (Lipinski definition) is 2. The van der Waals surface area contributed by atoms with E-state index >= 15 is 0 Å². The van der Waals surface area contributed by atoms with Gasteiger partial charge in [0.15, 0.2) is 28.8 Å². The van der Waals surface area contributed by atoms with Crippen molar-refractivity contribution in [3.8, 4) is 17.2 Å². The summed E-state index contributed by atoms with van der Waals surface area (Å²) in [5.41, 5.74) is -0.504. The van der Waals surface area contributed by atoms with Gasteiger partial charge in [0.05, 0.1) is 16.7 Å². The molecule has 0 bridgehead atoms. The van der Waals surface area contributed by atoms with Crippen LogP contribution < -0.4 is 4.74 Å². The van der Waals surface area contributed by atoms with E-state index in [4.69, 9.17) is 9.47 Å². The lowest BCUT2D eigenvalue weighted by atomic mass is 9.89. The second kappa shape index (κ2) is 17.8. The van der Waals surface area contributed by atoms with Gasteiger partial charge in [0.2, 0.25) is 5.75 Å². The molecule has 0 atom stereocenters. The number of benzene rings is 2. The molecule has 0 fully saturated rings. The summed E-state index contributed by atoms with van der Waals surface area (Å²) in [6, 6.07) is 6.38.